The molecule has 0 fully saturated rings. The highest BCUT2D eigenvalue weighted by molar-refractivity contribution is 9.10. The summed E-state index contributed by atoms with van der Waals surface area (Å²) in [5.74, 6) is -1.19. The third-order valence-corrected chi connectivity index (χ3v) is 4.04. The fourth-order valence-electron chi connectivity index (χ4n) is 2.54. The van der Waals surface area contributed by atoms with E-state index in [1.807, 2.05) is 13.8 Å². The molecule has 0 bridgehead atoms. The molecule has 0 aliphatic rings. The van der Waals surface area contributed by atoms with E-state index in [4.69, 9.17) is 0 Å². The van der Waals surface area contributed by atoms with Gasteiger partial charge >= 0.3 is 5.97 Å². The van der Waals surface area contributed by atoms with Crippen LogP contribution in [0.5, 0.6) is 0 Å². The Morgan fingerprint density at radius 1 is 1.33 bits per heavy atom. The maximum atomic E-state index is 14.2. The van der Waals surface area contributed by atoms with Gasteiger partial charge in [-0.05, 0) is 36.6 Å². The molecule has 124 valence electrons. The number of hydrogen-bond donors (Lipinski definition) is 1. The van der Waals surface area contributed by atoms with Crippen LogP contribution in [-0.2, 0) is 6.42 Å². The normalized spacial score (nSPS) is 11.4. The highest BCUT2D eigenvalue weighted by Gasteiger charge is 2.16. The summed E-state index contributed by atoms with van der Waals surface area (Å²) in [5.41, 5.74) is 1.84. The molecule has 2 aromatic heterocycles. The summed E-state index contributed by atoms with van der Waals surface area (Å²) in [6, 6.07) is 7.84. The predicted molar refractivity (Wildman–Crippen MR) is 91.6 cm³/mol. The molecule has 7 heteroatoms. The molecule has 0 amide bonds. The molecule has 1 N–H and O–H groups in total. The first-order valence-corrected chi connectivity index (χ1v) is 8.23. The Hall–Kier alpha value is -2.28. The number of halogens is 2. The lowest BCUT2D eigenvalue weighted by molar-refractivity contribution is 0.0690. The standard InChI is InChI=1S/C17H15BrFN3O2/c1-9(2)5-11-7-15(17(23)24)20-16-8-14(21-22(11)16)12-4-3-10(18)6-13(12)19/h3-4,6-9H,5H2,1-2H3,(H,23,24). The molecule has 0 radical (unpaired) electrons. The second-order valence-corrected chi connectivity index (χ2v) is 6.88. The highest BCUT2D eigenvalue weighted by Crippen LogP contribution is 2.26. The summed E-state index contributed by atoms with van der Waals surface area (Å²) in [6.45, 7) is 4.07. The summed E-state index contributed by atoms with van der Waals surface area (Å²) in [5, 5.41) is 13.7. The van der Waals surface area contributed by atoms with Gasteiger partial charge in [0.1, 0.15) is 5.82 Å². The number of benzene rings is 1. The molecule has 3 rings (SSSR count). The van der Waals surface area contributed by atoms with Crippen LogP contribution in [0.15, 0.2) is 34.8 Å². The predicted octanol–water partition coefficient (Wildman–Crippen LogP) is 4.19. The van der Waals surface area contributed by atoms with Crippen molar-refractivity contribution in [3.8, 4) is 11.3 Å². The minimum absolute atomic E-state index is 0.0409. The van der Waals surface area contributed by atoms with Gasteiger partial charge < -0.3 is 5.11 Å². The number of carbonyl (C=O) groups is 1. The summed E-state index contributed by atoms with van der Waals surface area (Å²) >= 11 is 3.22. The van der Waals surface area contributed by atoms with Crippen molar-refractivity contribution in [2.45, 2.75) is 20.3 Å². The van der Waals surface area contributed by atoms with Gasteiger partial charge in [-0.2, -0.15) is 5.10 Å². The number of aromatic nitrogens is 3. The zero-order valence-corrected chi connectivity index (χ0v) is 14.7. The summed E-state index contributed by atoms with van der Waals surface area (Å²) in [6.07, 6.45) is 0.642. The van der Waals surface area contributed by atoms with Crippen LogP contribution in [0.4, 0.5) is 4.39 Å². The van der Waals surface area contributed by atoms with Crippen LogP contribution in [0.25, 0.3) is 16.9 Å². The van der Waals surface area contributed by atoms with Crippen LogP contribution in [0.2, 0.25) is 0 Å². The van der Waals surface area contributed by atoms with E-state index in [0.717, 1.165) is 5.69 Å². The molecular weight excluding hydrogens is 377 g/mol. The lowest BCUT2D eigenvalue weighted by Crippen LogP contribution is -2.09. The number of carboxylic acids is 1. The Labute approximate surface area is 146 Å². The fourth-order valence-corrected chi connectivity index (χ4v) is 2.87. The monoisotopic (exact) mass is 391 g/mol. The second-order valence-electron chi connectivity index (χ2n) is 5.96. The summed E-state index contributed by atoms with van der Waals surface area (Å²) in [4.78, 5) is 15.4. The molecule has 0 saturated heterocycles. The average molecular weight is 392 g/mol. The Morgan fingerprint density at radius 3 is 2.71 bits per heavy atom. The molecule has 24 heavy (non-hydrogen) atoms. The maximum absolute atomic E-state index is 14.2. The van der Waals surface area contributed by atoms with Crippen LogP contribution < -0.4 is 0 Å². The lowest BCUT2D eigenvalue weighted by Gasteiger charge is -2.08. The van der Waals surface area contributed by atoms with E-state index < -0.39 is 11.8 Å². The topological polar surface area (TPSA) is 67.5 Å². The van der Waals surface area contributed by atoms with Gasteiger partial charge in [-0.1, -0.05) is 29.8 Å². The molecular formula is C17H15BrFN3O2. The Balaban J connectivity index is 2.20. The van der Waals surface area contributed by atoms with Gasteiger partial charge in [0.15, 0.2) is 11.3 Å². The SMILES string of the molecule is CC(C)Cc1cc(C(=O)O)nc2cc(-c3ccc(Br)cc3F)nn12. The second kappa shape index (κ2) is 6.32. The highest BCUT2D eigenvalue weighted by atomic mass is 79.9. The van der Waals surface area contributed by atoms with Gasteiger partial charge in [-0.3, -0.25) is 0 Å². The molecule has 3 aromatic rings. The minimum atomic E-state index is -1.10. The van der Waals surface area contributed by atoms with Crippen molar-refractivity contribution in [1.82, 2.24) is 14.6 Å². The van der Waals surface area contributed by atoms with Crippen molar-refractivity contribution < 1.29 is 14.3 Å². The van der Waals surface area contributed by atoms with Crippen LogP contribution in [-0.4, -0.2) is 25.7 Å². The molecule has 0 aliphatic heterocycles. The minimum Gasteiger partial charge on any atom is -0.477 e. The first kappa shape index (κ1) is 16.6. The molecule has 1 aromatic carbocycles. The van der Waals surface area contributed by atoms with E-state index in [1.54, 1.807) is 22.7 Å². The zero-order valence-electron chi connectivity index (χ0n) is 13.1. The van der Waals surface area contributed by atoms with E-state index in [2.05, 4.69) is 26.0 Å². The van der Waals surface area contributed by atoms with Crippen LogP contribution in [0.1, 0.15) is 30.0 Å². The molecule has 5 nitrogen and oxygen atoms in total. The Bertz CT molecular complexity index is 937. The van der Waals surface area contributed by atoms with Gasteiger partial charge in [-0.25, -0.2) is 18.7 Å². The van der Waals surface area contributed by atoms with E-state index in [1.165, 1.54) is 12.1 Å². The number of aromatic carboxylic acids is 1. The molecule has 0 saturated carbocycles. The van der Waals surface area contributed by atoms with E-state index in [-0.39, 0.29) is 5.69 Å². The third-order valence-electron chi connectivity index (χ3n) is 3.54. The number of fused-ring (bicyclic) bond motifs is 1. The third kappa shape index (κ3) is 3.17. The van der Waals surface area contributed by atoms with Gasteiger partial charge in [0.25, 0.3) is 0 Å². The number of rotatable bonds is 4. The van der Waals surface area contributed by atoms with Gasteiger partial charge in [0, 0.05) is 21.8 Å². The van der Waals surface area contributed by atoms with Crippen molar-refractivity contribution in [2.75, 3.05) is 0 Å². The van der Waals surface area contributed by atoms with Crippen molar-refractivity contribution in [1.29, 1.82) is 0 Å². The van der Waals surface area contributed by atoms with Crippen LogP contribution in [0.3, 0.4) is 0 Å². The van der Waals surface area contributed by atoms with E-state index in [9.17, 15) is 14.3 Å². The first-order valence-electron chi connectivity index (χ1n) is 7.43. The van der Waals surface area contributed by atoms with Crippen molar-refractivity contribution >= 4 is 27.5 Å². The zero-order chi connectivity index (χ0) is 17.4. The van der Waals surface area contributed by atoms with Gasteiger partial charge in [-0.15, -0.1) is 0 Å². The van der Waals surface area contributed by atoms with Crippen LogP contribution >= 0.6 is 15.9 Å². The molecule has 0 spiro atoms. The molecule has 0 aliphatic carbocycles. The summed E-state index contributed by atoms with van der Waals surface area (Å²) in [7, 11) is 0. The van der Waals surface area contributed by atoms with Crippen LogP contribution in [0, 0.1) is 11.7 Å². The van der Waals surface area contributed by atoms with Crippen molar-refractivity contribution in [3.05, 3.63) is 52.0 Å². The average Bonchev–Trinajstić information content (AvgIpc) is 2.90. The largest absolute Gasteiger partial charge is 0.477 e. The molecule has 2 heterocycles. The van der Waals surface area contributed by atoms with Crippen molar-refractivity contribution in [2.24, 2.45) is 5.92 Å². The Morgan fingerprint density at radius 2 is 2.08 bits per heavy atom. The number of hydrogen-bond acceptors (Lipinski definition) is 3. The fraction of sp³-hybridized carbons (Fsp3) is 0.235. The lowest BCUT2D eigenvalue weighted by atomic mass is 10.1. The van der Waals surface area contributed by atoms with E-state index >= 15 is 0 Å². The maximum Gasteiger partial charge on any atom is 0.354 e. The van der Waals surface area contributed by atoms with Gasteiger partial charge in [0.05, 0.1) is 5.69 Å². The molecule has 0 unspecified atom stereocenters. The van der Waals surface area contributed by atoms with Crippen molar-refractivity contribution in [3.63, 3.8) is 0 Å². The molecule has 0 atom stereocenters. The number of carboxylic acid groups (broad SMARTS) is 1. The van der Waals surface area contributed by atoms with Gasteiger partial charge in [0.2, 0.25) is 0 Å². The first-order chi connectivity index (χ1) is 11.3. The smallest absolute Gasteiger partial charge is 0.354 e. The quantitative estimate of drug-likeness (QED) is 0.723. The summed E-state index contributed by atoms with van der Waals surface area (Å²) < 4.78 is 16.4. The van der Waals surface area contributed by atoms with E-state index in [0.29, 0.717) is 33.7 Å². The number of nitrogens with zero attached hydrogens (tertiary/aromatic N) is 3. The Kier molecular flexibility index (Phi) is 4.36.